The number of fused-ring (bicyclic) bond motifs is 1. The van der Waals surface area contributed by atoms with Crippen molar-refractivity contribution >= 4 is 51.0 Å². The van der Waals surface area contributed by atoms with Gasteiger partial charge in [-0.1, -0.05) is 66.0 Å². The van der Waals surface area contributed by atoms with Gasteiger partial charge in [0.05, 0.1) is 41.3 Å². The fraction of sp³-hybridized carbons (Fsp3) is 0.577. The van der Waals surface area contributed by atoms with Crippen molar-refractivity contribution < 1.29 is 29.3 Å². The van der Waals surface area contributed by atoms with E-state index < -0.39 is 53.4 Å². The van der Waals surface area contributed by atoms with Gasteiger partial charge in [0.25, 0.3) is 5.91 Å². The van der Waals surface area contributed by atoms with Gasteiger partial charge < -0.3 is 24.7 Å². The number of amides is 2. The number of carboxylic acid groups (broad SMARTS) is 1. The highest BCUT2D eigenvalue weighted by molar-refractivity contribution is 9.09. The third-order valence-electron chi connectivity index (χ3n) is 8.13. The molecule has 0 aliphatic carbocycles. The predicted octanol–water partition coefficient (Wildman–Crippen LogP) is 3.41. The standard InChI is InChI=1S/C26H32BrClN2O6/c1-5-10-29(20-14(4)8-7-9-16(20)28)24(33)22-26-11-15(27)21(36-26)18(25(34)35)19(26)23(32)30(22)17(12-31)13(3)6-2/h5,7-9,13,15,17-19,21-22,31H,1,6,10-12H2,2-4H3,(H,34,35)/t13-,15?,17-,18+,19-,21+,22?,26?/m0/s1. The fourth-order valence-electron chi connectivity index (χ4n) is 6.33. The monoisotopic (exact) mass is 582 g/mol. The van der Waals surface area contributed by atoms with Crippen LogP contribution in [0, 0.1) is 24.7 Å². The summed E-state index contributed by atoms with van der Waals surface area (Å²) in [6.45, 7) is 9.25. The molecule has 3 heterocycles. The van der Waals surface area contributed by atoms with E-state index in [0.717, 1.165) is 5.56 Å². The average molecular weight is 584 g/mol. The van der Waals surface area contributed by atoms with E-state index in [9.17, 15) is 24.6 Å². The third-order valence-corrected chi connectivity index (χ3v) is 9.28. The van der Waals surface area contributed by atoms with E-state index in [1.165, 1.54) is 9.80 Å². The number of aliphatic carboxylic acids is 1. The number of hydrogen-bond donors (Lipinski definition) is 2. The van der Waals surface area contributed by atoms with E-state index in [1.54, 1.807) is 18.2 Å². The lowest BCUT2D eigenvalue weighted by molar-refractivity contribution is -0.151. The number of para-hydroxylation sites is 1. The SMILES string of the molecule is C=CCN(C(=O)C1N([C@@H](CO)[C@@H](C)CC)C(=O)[C@@H]2[C@@H](C(=O)O)[C@@H]3OC12CC3Br)c1c(C)cccc1Cl. The molecular weight excluding hydrogens is 552 g/mol. The smallest absolute Gasteiger partial charge is 0.310 e. The van der Waals surface area contributed by atoms with Crippen molar-refractivity contribution in [3.8, 4) is 0 Å². The van der Waals surface area contributed by atoms with Gasteiger partial charge in [0, 0.05) is 11.4 Å². The van der Waals surface area contributed by atoms with Crippen LogP contribution in [0.3, 0.4) is 0 Å². The van der Waals surface area contributed by atoms with E-state index >= 15 is 0 Å². The van der Waals surface area contributed by atoms with Gasteiger partial charge in [-0.25, -0.2) is 0 Å². The molecular formula is C26H32BrClN2O6. The quantitative estimate of drug-likeness (QED) is 0.341. The molecule has 3 aliphatic rings. The van der Waals surface area contributed by atoms with Crippen LogP contribution in [0.1, 0.15) is 32.3 Å². The lowest BCUT2D eigenvalue weighted by atomic mass is 9.70. The molecule has 1 spiro atoms. The molecule has 196 valence electrons. The molecule has 8 nitrogen and oxygen atoms in total. The number of carbonyl (C=O) groups excluding carboxylic acids is 2. The molecule has 2 bridgehead atoms. The third kappa shape index (κ3) is 3.90. The number of aliphatic hydroxyl groups excluding tert-OH is 1. The van der Waals surface area contributed by atoms with Crippen molar-refractivity contribution in [2.24, 2.45) is 17.8 Å². The first kappa shape index (κ1) is 27.1. The molecule has 36 heavy (non-hydrogen) atoms. The Labute approximate surface area is 224 Å². The molecule has 0 radical (unpaired) electrons. The summed E-state index contributed by atoms with van der Waals surface area (Å²) in [5.41, 5.74) is -0.0780. The molecule has 1 aromatic carbocycles. The van der Waals surface area contributed by atoms with Crippen LogP contribution in [0.15, 0.2) is 30.9 Å². The minimum absolute atomic E-state index is 0.124. The molecule has 0 saturated carbocycles. The summed E-state index contributed by atoms with van der Waals surface area (Å²) in [5, 5.41) is 20.8. The molecule has 3 saturated heterocycles. The molecule has 8 atom stereocenters. The molecule has 3 unspecified atom stereocenters. The van der Waals surface area contributed by atoms with E-state index in [-0.39, 0.29) is 23.9 Å². The van der Waals surface area contributed by atoms with E-state index in [1.807, 2.05) is 26.8 Å². The van der Waals surface area contributed by atoms with Crippen LogP contribution >= 0.6 is 27.5 Å². The van der Waals surface area contributed by atoms with Crippen LogP contribution in [0.5, 0.6) is 0 Å². The summed E-state index contributed by atoms with van der Waals surface area (Å²) in [4.78, 5) is 43.5. The van der Waals surface area contributed by atoms with Gasteiger partial charge in [0.1, 0.15) is 11.6 Å². The second-order valence-electron chi connectivity index (χ2n) is 10.0. The van der Waals surface area contributed by atoms with Gasteiger partial charge in [-0.3, -0.25) is 14.4 Å². The van der Waals surface area contributed by atoms with Crippen LogP contribution in [-0.4, -0.2) is 74.7 Å². The number of hydrogen-bond acceptors (Lipinski definition) is 5. The maximum atomic E-state index is 14.5. The molecule has 2 N–H and O–H groups in total. The van der Waals surface area contributed by atoms with E-state index in [4.69, 9.17) is 16.3 Å². The summed E-state index contributed by atoms with van der Waals surface area (Å²) >= 11 is 10.1. The largest absolute Gasteiger partial charge is 0.481 e. The second kappa shape index (κ2) is 10.1. The lowest BCUT2D eigenvalue weighted by Gasteiger charge is -2.41. The second-order valence-corrected chi connectivity index (χ2v) is 11.6. The average Bonchev–Trinajstić information content (AvgIpc) is 3.42. The van der Waals surface area contributed by atoms with Crippen LogP contribution in [0.25, 0.3) is 0 Å². The zero-order chi connectivity index (χ0) is 26.5. The van der Waals surface area contributed by atoms with Gasteiger partial charge in [-0.2, -0.15) is 0 Å². The number of carboxylic acids is 1. The Kier molecular flexibility index (Phi) is 7.59. The van der Waals surface area contributed by atoms with Crippen LogP contribution in [-0.2, 0) is 19.1 Å². The maximum Gasteiger partial charge on any atom is 0.310 e. The molecule has 0 aromatic heterocycles. The molecule has 3 aliphatic heterocycles. The molecule has 1 aromatic rings. The summed E-state index contributed by atoms with van der Waals surface area (Å²) < 4.78 is 6.36. The highest BCUT2D eigenvalue weighted by Gasteiger charge is 2.77. The highest BCUT2D eigenvalue weighted by atomic mass is 79.9. The molecule has 10 heteroatoms. The van der Waals surface area contributed by atoms with Gasteiger partial charge in [-0.15, -0.1) is 6.58 Å². The minimum atomic E-state index is -1.34. The number of aliphatic hydroxyl groups is 1. The number of halogens is 2. The number of alkyl halides is 1. The Morgan fingerprint density at radius 3 is 2.69 bits per heavy atom. The summed E-state index contributed by atoms with van der Waals surface area (Å²) in [5.74, 6) is -4.29. The van der Waals surface area contributed by atoms with Crippen molar-refractivity contribution in [3.63, 3.8) is 0 Å². The normalized spacial score (nSPS) is 32.3. The first-order valence-corrected chi connectivity index (χ1v) is 13.5. The number of rotatable bonds is 9. The first-order valence-electron chi connectivity index (χ1n) is 12.2. The summed E-state index contributed by atoms with van der Waals surface area (Å²) in [6.07, 6.45) is 1.79. The van der Waals surface area contributed by atoms with E-state index in [0.29, 0.717) is 23.6 Å². The highest BCUT2D eigenvalue weighted by Crippen LogP contribution is 2.61. The lowest BCUT2D eigenvalue weighted by Crippen LogP contribution is -2.60. The molecule has 4 rings (SSSR count). The summed E-state index contributed by atoms with van der Waals surface area (Å²) in [7, 11) is 0. The Morgan fingerprint density at radius 2 is 2.14 bits per heavy atom. The molecule has 3 fully saturated rings. The number of likely N-dealkylation sites (tertiary alicyclic amines) is 1. The van der Waals surface area contributed by atoms with Gasteiger partial charge in [0.15, 0.2) is 0 Å². The fourth-order valence-corrected chi connectivity index (χ4v) is 7.60. The number of carbonyl (C=O) groups is 3. The van der Waals surface area contributed by atoms with Crippen molar-refractivity contribution in [2.45, 2.75) is 62.2 Å². The zero-order valence-electron chi connectivity index (χ0n) is 20.6. The van der Waals surface area contributed by atoms with Crippen LogP contribution in [0.4, 0.5) is 5.69 Å². The Balaban J connectivity index is 1.91. The minimum Gasteiger partial charge on any atom is -0.481 e. The number of aryl methyl sites for hydroxylation is 1. The number of ether oxygens (including phenoxy) is 1. The number of benzene rings is 1. The van der Waals surface area contributed by atoms with Crippen LogP contribution in [0.2, 0.25) is 5.02 Å². The van der Waals surface area contributed by atoms with Crippen molar-refractivity contribution in [3.05, 3.63) is 41.4 Å². The van der Waals surface area contributed by atoms with Gasteiger partial charge in [0.2, 0.25) is 5.91 Å². The van der Waals surface area contributed by atoms with Crippen molar-refractivity contribution in [2.75, 3.05) is 18.1 Å². The summed E-state index contributed by atoms with van der Waals surface area (Å²) in [6, 6.07) is 3.50. The van der Waals surface area contributed by atoms with Crippen molar-refractivity contribution in [1.29, 1.82) is 0 Å². The topological polar surface area (TPSA) is 107 Å². The maximum absolute atomic E-state index is 14.5. The first-order chi connectivity index (χ1) is 17.0. The molecule has 2 amide bonds. The Morgan fingerprint density at radius 1 is 1.44 bits per heavy atom. The Bertz CT molecular complexity index is 1060. The predicted molar refractivity (Wildman–Crippen MR) is 139 cm³/mol. The van der Waals surface area contributed by atoms with Crippen molar-refractivity contribution in [1.82, 2.24) is 4.90 Å². The number of nitrogens with zero attached hydrogens (tertiary/aromatic N) is 2. The Hall–Kier alpha value is -1.94. The van der Waals surface area contributed by atoms with E-state index in [2.05, 4.69) is 22.5 Å². The van der Waals surface area contributed by atoms with Gasteiger partial charge in [-0.05, 0) is 30.9 Å². The van der Waals surface area contributed by atoms with Gasteiger partial charge >= 0.3 is 5.97 Å². The van der Waals surface area contributed by atoms with Crippen LogP contribution < -0.4 is 4.90 Å². The number of anilines is 1. The zero-order valence-corrected chi connectivity index (χ0v) is 22.9.